The van der Waals surface area contributed by atoms with Gasteiger partial charge < -0.3 is 9.15 Å². The van der Waals surface area contributed by atoms with Crippen LogP contribution >= 0.6 is 11.8 Å². The molecule has 0 aliphatic carbocycles. The molecule has 2 aliphatic heterocycles. The first-order valence-electron chi connectivity index (χ1n) is 8.12. The summed E-state index contributed by atoms with van der Waals surface area (Å²) >= 11 is 1.78. The second-order valence-corrected chi connectivity index (χ2v) is 9.35. The van der Waals surface area contributed by atoms with Crippen molar-refractivity contribution in [2.75, 3.05) is 31.7 Å². The number of fused-ring (bicyclic) bond motifs is 1. The molecule has 0 N–H and O–H groups in total. The molecule has 1 aromatic heterocycles. The lowest BCUT2D eigenvalue weighted by molar-refractivity contribution is -0.0175. The van der Waals surface area contributed by atoms with Gasteiger partial charge in [-0.3, -0.25) is 0 Å². The lowest BCUT2D eigenvalue weighted by atomic mass is 10.0. The molecule has 25 heavy (non-hydrogen) atoms. The average Bonchev–Trinajstić information content (AvgIpc) is 3.10. The first-order chi connectivity index (χ1) is 12.0. The Morgan fingerprint density at radius 1 is 1.24 bits per heavy atom. The smallest absolute Gasteiger partial charge is 0.246 e. The van der Waals surface area contributed by atoms with Gasteiger partial charge in [-0.1, -0.05) is 24.3 Å². The molecular weight excluding hydrogens is 362 g/mol. The van der Waals surface area contributed by atoms with Gasteiger partial charge in [0, 0.05) is 13.1 Å². The SMILES string of the molecule is CS(=O)(=O)N1CCO[C@@H](c2nnc([C@H]3SCCc4ccccc43)o2)C1. The molecule has 0 bridgehead atoms. The van der Waals surface area contributed by atoms with Gasteiger partial charge in [0.2, 0.25) is 21.8 Å². The van der Waals surface area contributed by atoms with E-state index in [1.165, 1.54) is 21.7 Å². The number of nitrogens with zero attached hydrogens (tertiary/aromatic N) is 3. The first kappa shape index (κ1) is 17.0. The maximum Gasteiger partial charge on any atom is 0.246 e. The Kier molecular flexibility index (Phi) is 4.57. The standard InChI is InChI=1S/C16H19N3O4S2/c1-25(20,21)19-7-8-22-13(10-19)15-17-18-16(23-15)14-12-5-3-2-4-11(12)6-9-24-14/h2-5,13-14H,6-10H2,1H3/t13-,14+/m1/s1. The molecule has 9 heteroatoms. The summed E-state index contributed by atoms with van der Waals surface area (Å²) in [4.78, 5) is 0. The van der Waals surface area contributed by atoms with Gasteiger partial charge >= 0.3 is 0 Å². The number of hydrogen-bond acceptors (Lipinski definition) is 7. The summed E-state index contributed by atoms with van der Waals surface area (Å²) in [5.41, 5.74) is 2.51. The number of sulfonamides is 1. The molecule has 0 unspecified atom stereocenters. The highest BCUT2D eigenvalue weighted by atomic mass is 32.2. The third-order valence-corrected chi connectivity index (χ3v) is 6.95. The van der Waals surface area contributed by atoms with E-state index in [1.807, 2.05) is 12.1 Å². The van der Waals surface area contributed by atoms with Gasteiger partial charge in [0.1, 0.15) is 11.4 Å². The molecule has 7 nitrogen and oxygen atoms in total. The lowest BCUT2D eigenvalue weighted by Crippen LogP contribution is -2.41. The van der Waals surface area contributed by atoms with E-state index in [-0.39, 0.29) is 11.8 Å². The molecule has 2 aliphatic rings. The Labute approximate surface area is 150 Å². The van der Waals surface area contributed by atoms with Gasteiger partial charge in [0.05, 0.1) is 12.9 Å². The van der Waals surface area contributed by atoms with Gasteiger partial charge in [-0.15, -0.1) is 22.0 Å². The summed E-state index contributed by atoms with van der Waals surface area (Å²) in [6, 6.07) is 8.29. The predicted molar refractivity (Wildman–Crippen MR) is 93.9 cm³/mol. The fraction of sp³-hybridized carbons (Fsp3) is 0.500. The number of aryl methyl sites for hydroxylation is 1. The van der Waals surface area contributed by atoms with Gasteiger partial charge in [0.25, 0.3) is 0 Å². The molecule has 0 amide bonds. The minimum atomic E-state index is -3.26. The summed E-state index contributed by atoms with van der Waals surface area (Å²) in [6.07, 6.45) is 1.71. The van der Waals surface area contributed by atoms with E-state index in [0.29, 0.717) is 24.9 Å². The number of thioether (sulfide) groups is 1. The van der Waals surface area contributed by atoms with Crippen LogP contribution < -0.4 is 0 Å². The van der Waals surface area contributed by atoms with E-state index < -0.39 is 16.1 Å². The Morgan fingerprint density at radius 2 is 2.04 bits per heavy atom. The number of ether oxygens (including phenoxy) is 1. The second-order valence-electron chi connectivity index (χ2n) is 6.16. The molecule has 4 rings (SSSR count). The molecule has 1 aromatic carbocycles. The zero-order chi connectivity index (χ0) is 17.4. The van der Waals surface area contributed by atoms with Crippen molar-refractivity contribution in [2.45, 2.75) is 17.8 Å². The van der Waals surface area contributed by atoms with E-state index in [4.69, 9.17) is 9.15 Å². The molecule has 2 aromatic rings. The van der Waals surface area contributed by atoms with Crippen molar-refractivity contribution >= 4 is 21.8 Å². The van der Waals surface area contributed by atoms with E-state index in [1.54, 1.807) is 11.8 Å². The van der Waals surface area contributed by atoms with Crippen LogP contribution in [-0.4, -0.2) is 54.6 Å². The fourth-order valence-corrected chi connectivity index (χ4v) is 5.19. The van der Waals surface area contributed by atoms with Crippen LogP contribution in [0.4, 0.5) is 0 Å². The maximum absolute atomic E-state index is 11.8. The van der Waals surface area contributed by atoms with E-state index >= 15 is 0 Å². The molecule has 2 atom stereocenters. The summed E-state index contributed by atoms with van der Waals surface area (Å²) in [5.74, 6) is 1.89. The second kappa shape index (κ2) is 6.71. The topological polar surface area (TPSA) is 85.5 Å². The minimum absolute atomic E-state index is 0.0146. The summed E-state index contributed by atoms with van der Waals surface area (Å²) in [7, 11) is -3.26. The van der Waals surface area contributed by atoms with Crippen molar-refractivity contribution in [1.29, 1.82) is 0 Å². The van der Waals surface area contributed by atoms with Crippen LogP contribution in [0.15, 0.2) is 28.7 Å². The van der Waals surface area contributed by atoms with Crippen molar-refractivity contribution in [1.82, 2.24) is 14.5 Å². The van der Waals surface area contributed by atoms with Gasteiger partial charge in [-0.2, -0.15) is 4.31 Å². The van der Waals surface area contributed by atoms with E-state index in [9.17, 15) is 8.42 Å². The number of rotatable bonds is 3. The molecule has 0 spiro atoms. The summed E-state index contributed by atoms with van der Waals surface area (Å²) < 4.78 is 36.4. The van der Waals surface area contributed by atoms with Gasteiger partial charge in [-0.25, -0.2) is 8.42 Å². The molecule has 1 saturated heterocycles. The molecule has 134 valence electrons. The van der Waals surface area contributed by atoms with Crippen LogP contribution in [0.3, 0.4) is 0 Å². The monoisotopic (exact) mass is 381 g/mol. The molecule has 3 heterocycles. The number of aromatic nitrogens is 2. The van der Waals surface area contributed by atoms with Crippen molar-refractivity contribution in [3.63, 3.8) is 0 Å². The molecular formula is C16H19N3O4S2. The molecule has 1 fully saturated rings. The quantitative estimate of drug-likeness (QED) is 0.801. The number of hydrogen-bond donors (Lipinski definition) is 0. The summed E-state index contributed by atoms with van der Waals surface area (Å²) in [5, 5.41) is 8.36. The third-order valence-electron chi connectivity index (χ3n) is 4.45. The number of benzene rings is 1. The van der Waals surface area contributed by atoms with Crippen molar-refractivity contribution in [2.24, 2.45) is 0 Å². The zero-order valence-electron chi connectivity index (χ0n) is 13.8. The van der Waals surface area contributed by atoms with E-state index in [2.05, 4.69) is 22.3 Å². The Bertz CT molecular complexity index is 868. The van der Waals surface area contributed by atoms with Crippen LogP contribution in [0.1, 0.15) is 34.3 Å². The molecule has 0 radical (unpaired) electrons. The zero-order valence-corrected chi connectivity index (χ0v) is 15.4. The van der Waals surface area contributed by atoms with Crippen molar-refractivity contribution in [3.8, 4) is 0 Å². The van der Waals surface area contributed by atoms with Crippen LogP contribution in [0.25, 0.3) is 0 Å². The third kappa shape index (κ3) is 3.46. The Balaban J connectivity index is 1.57. The van der Waals surface area contributed by atoms with Gasteiger partial charge in [-0.05, 0) is 23.3 Å². The fourth-order valence-electron chi connectivity index (χ4n) is 3.16. The predicted octanol–water partition coefficient (Wildman–Crippen LogP) is 1.78. The van der Waals surface area contributed by atoms with Crippen LogP contribution in [0.5, 0.6) is 0 Å². The Hall–Kier alpha value is -1.42. The number of morpholine rings is 1. The van der Waals surface area contributed by atoms with Crippen molar-refractivity contribution < 1.29 is 17.6 Å². The normalized spacial score (nSPS) is 24.8. The summed E-state index contributed by atoms with van der Waals surface area (Å²) in [6.45, 7) is 0.869. The highest BCUT2D eigenvalue weighted by molar-refractivity contribution is 7.99. The largest absolute Gasteiger partial charge is 0.421 e. The minimum Gasteiger partial charge on any atom is -0.421 e. The first-order valence-corrected chi connectivity index (χ1v) is 11.0. The lowest BCUT2D eigenvalue weighted by Gasteiger charge is -2.29. The highest BCUT2D eigenvalue weighted by Crippen LogP contribution is 2.41. The van der Waals surface area contributed by atoms with Gasteiger partial charge in [0.15, 0.2) is 0 Å². The Morgan fingerprint density at radius 3 is 2.88 bits per heavy atom. The average molecular weight is 381 g/mol. The van der Waals surface area contributed by atoms with Crippen LogP contribution in [0, 0.1) is 0 Å². The van der Waals surface area contributed by atoms with Crippen LogP contribution in [0.2, 0.25) is 0 Å². The van der Waals surface area contributed by atoms with Crippen molar-refractivity contribution in [3.05, 3.63) is 47.2 Å². The molecule has 0 saturated carbocycles. The van der Waals surface area contributed by atoms with Crippen LogP contribution in [-0.2, 0) is 21.2 Å². The highest BCUT2D eigenvalue weighted by Gasteiger charge is 2.33. The maximum atomic E-state index is 11.8. The van der Waals surface area contributed by atoms with E-state index in [0.717, 1.165) is 12.2 Å².